The molecule has 0 aliphatic carbocycles. The summed E-state index contributed by atoms with van der Waals surface area (Å²) in [5.41, 5.74) is 12.6. The molecule has 0 bridgehead atoms. The summed E-state index contributed by atoms with van der Waals surface area (Å²) in [5.74, 6) is 0. The van der Waals surface area contributed by atoms with Gasteiger partial charge in [-0.15, -0.1) is 0 Å². The lowest BCUT2D eigenvalue weighted by Crippen LogP contribution is -2.06. The highest BCUT2D eigenvalue weighted by atomic mass is 15.3. The predicted molar refractivity (Wildman–Crippen MR) is 86.3 cm³/mol. The number of nitrogens with zero attached hydrogens (tertiary/aromatic N) is 3. The van der Waals surface area contributed by atoms with E-state index in [1.165, 1.54) is 11.3 Å². The third-order valence-electron chi connectivity index (χ3n) is 4.09. The van der Waals surface area contributed by atoms with E-state index >= 15 is 0 Å². The molecule has 1 aromatic carbocycles. The van der Waals surface area contributed by atoms with Crippen molar-refractivity contribution in [2.45, 2.75) is 33.7 Å². The molecule has 0 spiro atoms. The van der Waals surface area contributed by atoms with Crippen molar-refractivity contribution < 1.29 is 0 Å². The third-order valence-corrected chi connectivity index (χ3v) is 4.09. The van der Waals surface area contributed by atoms with E-state index in [-0.39, 0.29) is 0 Å². The van der Waals surface area contributed by atoms with Crippen LogP contribution in [0.1, 0.15) is 29.4 Å². The van der Waals surface area contributed by atoms with Gasteiger partial charge >= 0.3 is 0 Å². The highest BCUT2D eigenvalue weighted by Crippen LogP contribution is 2.24. The summed E-state index contributed by atoms with van der Waals surface area (Å²) in [7, 11) is 0. The van der Waals surface area contributed by atoms with Gasteiger partial charge in [0, 0.05) is 23.0 Å². The average Bonchev–Trinajstić information content (AvgIpc) is 2.76. The molecule has 0 radical (unpaired) electrons. The number of aromatic nitrogens is 3. The van der Waals surface area contributed by atoms with Gasteiger partial charge in [0.25, 0.3) is 0 Å². The number of hydrogen-bond acceptors (Lipinski definition) is 3. The van der Waals surface area contributed by atoms with E-state index in [1.807, 2.05) is 30.5 Å². The second-order valence-electron chi connectivity index (χ2n) is 5.37. The fourth-order valence-corrected chi connectivity index (χ4v) is 2.94. The van der Waals surface area contributed by atoms with E-state index in [4.69, 9.17) is 5.73 Å². The smallest absolute Gasteiger partial charge is 0.0773 e. The van der Waals surface area contributed by atoms with Crippen molar-refractivity contribution in [3.8, 4) is 0 Å². The van der Waals surface area contributed by atoms with E-state index in [9.17, 15) is 0 Å². The van der Waals surface area contributed by atoms with Gasteiger partial charge in [0.1, 0.15) is 0 Å². The largest absolute Gasteiger partial charge is 0.398 e. The van der Waals surface area contributed by atoms with Crippen LogP contribution in [0.4, 0.5) is 5.69 Å². The molecule has 0 saturated carbocycles. The summed E-state index contributed by atoms with van der Waals surface area (Å²) >= 11 is 0. The molecule has 0 amide bonds. The minimum atomic E-state index is 0.723. The van der Waals surface area contributed by atoms with Gasteiger partial charge in [-0.2, -0.15) is 5.10 Å². The number of nitrogens with two attached hydrogens (primary N) is 1. The first-order valence-electron chi connectivity index (χ1n) is 7.26. The molecule has 0 aliphatic rings. The van der Waals surface area contributed by atoms with Gasteiger partial charge < -0.3 is 5.73 Å². The van der Waals surface area contributed by atoms with Gasteiger partial charge in [-0.1, -0.05) is 13.0 Å². The zero-order valence-electron chi connectivity index (χ0n) is 12.7. The Morgan fingerprint density at radius 1 is 1.19 bits per heavy atom. The SMILES string of the molecule is CCc1c(C)nn(Cc2ccc(N)c3cccnc23)c1C. The van der Waals surface area contributed by atoms with Crippen LogP contribution in [-0.4, -0.2) is 14.8 Å². The molecule has 2 aromatic heterocycles. The fraction of sp³-hybridized carbons (Fsp3) is 0.294. The third kappa shape index (κ3) is 2.27. The second-order valence-corrected chi connectivity index (χ2v) is 5.37. The van der Waals surface area contributed by atoms with Crippen LogP contribution in [0.15, 0.2) is 30.5 Å². The fourth-order valence-electron chi connectivity index (χ4n) is 2.94. The van der Waals surface area contributed by atoms with Crippen molar-refractivity contribution in [3.05, 3.63) is 53.0 Å². The van der Waals surface area contributed by atoms with Crippen molar-refractivity contribution in [2.75, 3.05) is 5.73 Å². The first-order chi connectivity index (χ1) is 10.1. The molecular formula is C17H20N4. The molecule has 4 heteroatoms. The van der Waals surface area contributed by atoms with Gasteiger partial charge in [0.15, 0.2) is 0 Å². The molecule has 0 unspecified atom stereocenters. The summed E-state index contributed by atoms with van der Waals surface area (Å²) in [6.07, 6.45) is 2.82. The van der Waals surface area contributed by atoms with Crippen LogP contribution in [0.25, 0.3) is 10.9 Å². The topological polar surface area (TPSA) is 56.7 Å². The lowest BCUT2D eigenvalue weighted by Gasteiger charge is -2.09. The number of rotatable bonds is 3. The molecule has 0 aliphatic heterocycles. The zero-order chi connectivity index (χ0) is 15.0. The highest BCUT2D eigenvalue weighted by Gasteiger charge is 2.12. The minimum Gasteiger partial charge on any atom is -0.398 e. The van der Waals surface area contributed by atoms with Crippen molar-refractivity contribution in [1.29, 1.82) is 0 Å². The highest BCUT2D eigenvalue weighted by molar-refractivity contribution is 5.92. The lowest BCUT2D eigenvalue weighted by molar-refractivity contribution is 0.660. The van der Waals surface area contributed by atoms with Crippen molar-refractivity contribution >= 4 is 16.6 Å². The summed E-state index contributed by atoms with van der Waals surface area (Å²) in [6, 6.07) is 7.93. The normalized spacial score (nSPS) is 11.2. The van der Waals surface area contributed by atoms with Crippen molar-refractivity contribution in [1.82, 2.24) is 14.8 Å². The maximum absolute atomic E-state index is 6.04. The number of hydrogen-bond donors (Lipinski definition) is 1. The Morgan fingerprint density at radius 2 is 2.00 bits per heavy atom. The summed E-state index contributed by atoms with van der Waals surface area (Å²) in [6.45, 7) is 7.09. The van der Waals surface area contributed by atoms with Crippen LogP contribution >= 0.6 is 0 Å². The first-order valence-corrected chi connectivity index (χ1v) is 7.26. The minimum absolute atomic E-state index is 0.723. The Labute approximate surface area is 124 Å². The van der Waals surface area contributed by atoms with Gasteiger partial charge in [0.05, 0.1) is 17.8 Å². The molecule has 21 heavy (non-hydrogen) atoms. The van der Waals surface area contributed by atoms with Crippen LogP contribution in [0, 0.1) is 13.8 Å². The Hall–Kier alpha value is -2.36. The maximum atomic E-state index is 6.04. The van der Waals surface area contributed by atoms with Crippen LogP contribution < -0.4 is 5.73 Å². The van der Waals surface area contributed by atoms with E-state index in [1.54, 1.807) is 0 Å². The quantitative estimate of drug-likeness (QED) is 0.749. The number of pyridine rings is 1. The van der Waals surface area contributed by atoms with E-state index < -0.39 is 0 Å². The van der Waals surface area contributed by atoms with E-state index in [2.05, 4.69) is 35.5 Å². The first kappa shape index (κ1) is 13.6. The van der Waals surface area contributed by atoms with Crippen LogP contribution in [0.5, 0.6) is 0 Å². The summed E-state index contributed by atoms with van der Waals surface area (Å²) in [4.78, 5) is 4.50. The van der Waals surface area contributed by atoms with Crippen molar-refractivity contribution in [3.63, 3.8) is 0 Å². The van der Waals surface area contributed by atoms with Crippen LogP contribution in [0.2, 0.25) is 0 Å². The molecule has 4 nitrogen and oxygen atoms in total. The van der Waals surface area contributed by atoms with Gasteiger partial charge in [-0.25, -0.2) is 0 Å². The molecule has 0 fully saturated rings. The second kappa shape index (κ2) is 5.20. The van der Waals surface area contributed by atoms with Crippen molar-refractivity contribution in [2.24, 2.45) is 0 Å². The summed E-state index contributed by atoms with van der Waals surface area (Å²) in [5, 5.41) is 5.67. The molecule has 0 saturated heterocycles. The number of nitrogen functional groups attached to an aromatic ring is 1. The Morgan fingerprint density at radius 3 is 2.71 bits per heavy atom. The number of aryl methyl sites for hydroxylation is 1. The Kier molecular flexibility index (Phi) is 3.37. The molecule has 3 aromatic rings. The Balaban J connectivity index is 2.09. The molecule has 2 heterocycles. The maximum Gasteiger partial charge on any atom is 0.0773 e. The number of fused-ring (bicyclic) bond motifs is 1. The van der Waals surface area contributed by atoms with Crippen LogP contribution in [0.3, 0.4) is 0 Å². The van der Waals surface area contributed by atoms with Gasteiger partial charge in [-0.05, 0) is 49.6 Å². The van der Waals surface area contributed by atoms with Crippen LogP contribution in [-0.2, 0) is 13.0 Å². The lowest BCUT2D eigenvalue weighted by atomic mass is 10.1. The predicted octanol–water partition coefficient (Wildman–Crippen LogP) is 3.24. The number of anilines is 1. The molecule has 2 N–H and O–H groups in total. The zero-order valence-corrected chi connectivity index (χ0v) is 12.7. The standard InChI is InChI=1S/C17H20N4/c1-4-14-11(2)20-21(12(14)3)10-13-7-8-16(18)15-6-5-9-19-17(13)15/h5-9H,4,10,18H2,1-3H3. The molecular weight excluding hydrogens is 260 g/mol. The number of benzene rings is 1. The van der Waals surface area contributed by atoms with Gasteiger partial charge in [0.2, 0.25) is 0 Å². The monoisotopic (exact) mass is 280 g/mol. The molecule has 108 valence electrons. The Bertz CT molecular complexity index is 802. The van der Waals surface area contributed by atoms with E-state index in [0.717, 1.165) is 40.8 Å². The van der Waals surface area contributed by atoms with E-state index in [0.29, 0.717) is 0 Å². The molecule has 3 rings (SSSR count). The molecule has 0 atom stereocenters. The summed E-state index contributed by atoms with van der Waals surface area (Å²) < 4.78 is 2.06. The average molecular weight is 280 g/mol. The van der Waals surface area contributed by atoms with Gasteiger partial charge in [-0.3, -0.25) is 9.67 Å².